The average molecular weight is 327 g/mol. The summed E-state index contributed by atoms with van der Waals surface area (Å²) in [6.45, 7) is 1.56. The van der Waals surface area contributed by atoms with Crippen LogP contribution in [0.4, 0.5) is 10.1 Å². The van der Waals surface area contributed by atoms with Crippen LogP contribution in [0, 0.1) is 22.9 Å². The third-order valence-corrected chi connectivity index (χ3v) is 2.85. The lowest BCUT2D eigenvalue weighted by atomic mass is 10.2. The number of ether oxygens (including phenoxy) is 1. The minimum absolute atomic E-state index is 0.0331. The normalized spacial score (nSPS) is 10.3. The molecule has 0 unspecified atom stereocenters. The van der Waals surface area contributed by atoms with Crippen molar-refractivity contribution in [2.75, 3.05) is 0 Å². The second-order valence-electron chi connectivity index (χ2n) is 3.74. The molecule has 1 aromatic heterocycles. The third-order valence-electron chi connectivity index (χ3n) is 2.35. The zero-order chi connectivity index (χ0) is 14.0. The summed E-state index contributed by atoms with van der Waals surface area (Å²) < 4.78 is 19.3. The summed E-state index contributed by atoms with van der Waals surface area (Å²) >= 11 is 3.18. The molecule has 2 aromatic rings. The molecule has 0 fully saturated rings. The highest BCUT2D eigenvalue weighted by atomic mass is 79.9. The van der Waals surface area contributed by atoms with Crippen LogP contribution in [0.2, 0.25) is 0 Å². The molecule has 0 aliphatic heterocycles. The largest absolute Gasteiger partial charge is 0.436 e. The lowest BCUT2D eigenvalue weighted by Gasteiger charge is -2.06. The second-order valence-corrected chi connectivity index (χ2v) is 4.66. The molecule has 0 saturated carbocycles. The summed E-state index contributed by atoms with van der Waals surface area (Å²) in [6.07, 6.45) is 1.31. The molecule has 0 aliphatic carbocycles. The zero-order valence-electron chi connectivity index (χ0n) is 9.76. The van der Waals surface area contributed by atoms with Gasteiger partial charge in [0.05, 0.1) is 11.0 Å². The second kappa shape index (κ2) is 5.31. The van der Waals surface area contributed by atoms with Crippen LogP contribution >= 0.6 is 15.9 Å². The van der Waals surface area contributed by atoms with Crippen molar-refractivity contribution in [3.8, 4) is 11.6 Å². The maximum Gasteiger partial charge on any atom is 0.279 e. The summed E-state index contributed by atoms with van der Waals surface area (Å²) in [5.41, 5.74) is 0.285. The van der Waals surface area contributed by atoms with Gasteiger partial charge in [0, 0.05) is 16.2 Å². The number of pyridine rings is 1. The number of nitrogens with zero attached hydrogens (tertiary/aromatic N) is 2. The summed E-state index contributed by atoms with van der Waals surface area (Å²) in [5, 5.41) is 10.8. The molecule has 0 aliphatic rings. The zero-order valence-corrected chi connectivity index (χ0v) is 11.3. The molecular formula is C12H8BrFN2O3. The summed E-state index contributed by atoms with van der Waals surface area (Å²) in [4.78, 5) is 14.1. The number of aryl methyl sites for hydroxylation is 1. The fraction of sp³-hybridized carbons (Fsp3) is 0.0833. The summed E-state index contributed by atoms with van der Waals surface area (Å²) in [5.74, 6) is -0.664. The van der Waals surface area contributed by atoms with Crippen molar-refractivity contribution >= 4 is 21.6 Å². The quantitative estimate of drug-likeness (QED) is 0.631. The van der Waals surface area contributed by atoms with Gasteiger partial charge in [-0.3, -0.25) is 10.1 Å². The van der Waals surface area contributed by atoms with E-state index in [4.69, 9.17) is 4.74 Å². The molecule has 1 aromatic carbocycles. The van der Waals surface area contributed by atoms with Crippen LogP contribution in [0.3, 0.4) is 0 Å². The van der Waals surface area contributed by atoms with E-state index in [0.29, 0.717) is 10.0 Å². The Kier molecular flexibility index (Phi) is 3.75. The van der Waals surface area contributed by atoms with Crippen LogP contribution in [-0.4, -0.2) is 9.91 Å². The molecule has 0 radical (unpaired) electrons. The van der Waals surface area contributed by atoms with E-state index in [1.54, 1.807) is 6.92 Å². The van der Waals surface area contributed by atoms with E-state index >= 15 is 0 Å². The first kappa shape index (κ1) is 13.4. The number of benzene rings is 1. The summed E-state index contributed by atoms with van der Waals surface area (Å²) in [7, 11) is 0. The van der Waals surface area contributed by atoms with Crippen molar-refractivity contribution in [1.82, 2.24) is 4.98 Å². The smallest absolute Gasteiger partial charge is 0.279 e. The molecule has 19 heavy (non-hydrogen) atoms. The van der Waals surface area contributed by atoms with Gasteiger partial charge in [-0.05, 0) is 25.1 Å². The van der Waals surface area contributed by atoms with Crippen LogP contribution in [0.25, 0.3) is 0 Å². The predicted molar refractivity (Wildman–Crippen MR) is 69.8 cm³/mol. The van der Waals surface area contributed by atoms with Gasteiger partial charge in [0.25, 0.3) is 5.69 Å². The Morgan fingerprint density at radius 2 is 2.16 bits per heavy atom. The van der Waals surface area contributed by atoms with E-state index in [0.717, 1.165) is 6.07 Å². The number of halogens is 2. The Labute approximate surface area is 116 Å². The molecule has 2 rings (SSSR count). The van der Waals surface area contributed by atoms with Gasteiger partial charge >= 0.3 is 0 Å². The average Bonchev–Trinajstić information content (AvgIpc) is 2.36. The number of rotatable bonds is 3. The van der Waals surface area contributed by atoms with Crippen LogP contribution in [0.1, 0.15) is 5.56 Å². The van der Waals surface area contributed by atoms with Gasteiger partial charge in [0.2, 0.25) is 5.88 Å². The van der Waals surface area contributed by atoms with E-state index in [1.165, 1.54) is 24.4 Å². The van der Waals surface area contributed by atoms with E-state index in [-0.39, 0.29) is 17.3 Å². The van der Waals surface area contributed by atoms with Crippen molar-refractivity contribution in [1.29, 1.82) is 0 Å². The molecule has 0 N–H and O–H groups in total. The Morgan fingerprint density at radius 1 is 1.42 bits per heavy atom. The van der Waals surface area contributed by atoms with Gasteiger partial charge in [-0.1, -0.05) is 15.9 Å². The van der Waals surface area contributed by atoms with Gasteiger partial charge in [-0.15, -0.1) is 0 Å². The number of aromatic nitrogens is 1. The molecule has 0 saturated heterocycles. The highest BCUT2D eigenvalue weighted by Crippen LogP contribution is 2.29. The van der Waals surface area contributed by atoms with Gasteiger partial charge < -0.3 is 4.74 Å². The van der Waals surface area contributed by atoms with Crippen LogP contribution in [0.5, 0.6) is 11.6 Å². The number of hydrogen-bond donors (Lipinski definition) is 0. The third kappa shape index (κ3) is 3.05. The minimum atomic E-state index is -0.576. The molecule has 5 nitrogen and oxygen atoms in total. The Hall–Kier alpha value is -2.02. The van der Waals surface area contributed by atoms with Crippen molar-refractivity contribution in [3.63, 3.8) is 0 Å². The number of hydrogen-bond acceptors (Lipinski definition) is 4. The van der Waals surface area contributed by atoms with Crippen LogP contribution in [0.15, 0.2) is 34.9 Å². The Bertz CT molecular complexity index is 649. The summed E-state index contributed by atoms with van der Waals surface area (Å²) in [6, 6.07) is 5.33. The predicted octanol–water partition coefficient (Wildman–Crippen LogP) is 3.99. The van der Waals surface area contributed by atoms with Crippen molar-refractivity contribution in [2.45, 2.75) is 6.92 Å². The minimum Gasteiger partial charge on any atom is -0.436 e. The molecule has 0 amide bonds. The van der Waals surface area contributed by atoms with Crippen LogP contribution < -0.4 is 4.74 Å². The molecule has 1 heterocycles. The van der Waals surface area contributed by atoms with Crippen molar-refractivity contribution in [2.24, 2.45) is 0 Å². The van der Waals surface area contributed by atoms with E-state index < -0.39 is 10.7 Å². The number of nitro groups is 1. The topological polar surface area (TPSA) is 65.3 Å². The van der Waals surface area contributed by atoms with Gasteiger partial charge in [-0.2, -0.15) is 0 Å². The van der Waals surface area contributed by atoms with E-state index in [9.17, 15) is 14.5 Å². The maximum absolute atomic E-state index is 13.5. The highest BCUT2D eigenvalue weighted by molar-refractivity contribution is 9.10. The fourth-order valence-corrected chi connectivity index (χ4v) is 1.76. The SMILES string of the molecule is Cc1cnc(Oc2cc(Br)ccc2F)cc1[N+](=O)[O-]. The van der Waals surface area contributed by atoms with Gasteiger partial charge in [-0.25, -0.2) is 9.37 Å². The van der Waals surface area contributed by atoms with E-state index in [2.05, 4.69) is 20.9 Å². The first-order chi connectivity index (χ1) is 8.97. The first-order valence-corrected chi connectivity index (χ1v) is 6.00. The molecule has 0 spiro atoms. The molecule has 7 heteroatoms. The van der Waals surface area contributed by atoms with E-state index in [1.807, 2.05) is 0 Å². The molecule has 98 valence electrons. The lowest BCUT2D eigenvalue weighted by Crippen LogP contribution is -1.96. The Morgan fingerprint density at radius 3 is 2.84 bits per heavy atom. The standard InChI is InChI=1S/C12H8BrFN2O3/c1-7-6-15-12(5-10(7)16(17)18)19-11-4-8(13)2-3-9(11)14/h2-6H,1H3. The molecular weight excluding hydrogens is 319 g/mol. The van der Waals surface area contributed by atoms with Gasteiger partial charge in [0.1, 0.15) is 0 Å². The molecule has 0 atom stereocenters. The monoisotopic (exact) mass is 326 g/mol. The van der Waals surface area contributed by atoms with Crippen molar-refractivity contribution < 1.29 is 14.1 Å². The maximum atomic E-state index is 13.5. The highest BCUT2D eigenvalue weighted by Gasteiger charge is 2.14. The Balaban J connectivity index is 2.36. The van der Waals surface area contributed by atoms with Crippen molar-refractivity contribution in [3.05, 3.63) is 56.4 Å². The molecule has 0 bridgehead atoms. The fourth-order valence-electron chi connectivity index (χ4n) is 1.42. The van der Waals surface area contributed by atoms with Gasteiger partial charge in [0.15, 0.2) is 11.6 Å². The lowest BCUT2D eigenvalue weighted by molar-refractivity contribution is -0.385. The first-order valence-electron chi connectivity index (χ1n) is 5.21. The van der Waals surface area contributed by atoms with Crippen LogP contribution in [-0.2, 0) is 0 Å².